The monoisotopic (exact) mass is 232 g/mol. The van der Waals surface area contributed by atoms with Gasteiger partial charge in [0.2, 0.25) is 0 Å². The van der Waals surface area contributed by atoms with E-state index in [0.717, 1.165) is 25.5 Å². The third-order valence-corrected chi connectivity index (χ3v) is 3.22. The molecule has 2 aromatic rings. The van der Waals surface area contributed by atoms with Gasteiger partial charge in [-0.1, -0.05) is 13.8 Å². The van der Waals surface area contributed by atoms with Crippen LogP contribution in [0.3, 0.4) is 0 Å². The molecule has 0 bridgehead atoms. The molecule has 0 saturated carbocycles. The minimum atomic E-state index is 0.915. The molecule has 0 N–H and O–H groups in total. The van der Waals surface area contributed by atoms with Crippen molar-refractivity contribution in [2.45, 2.75) is 20.5 Å². The second-order valence-corrected chi connectivity index (χ2v) is 4.15. The van der Waals surface area contributed by atoms with Crippen LogP contribution in [-0.4, -0.2) is 29.7 Å². The maximum absolute atomic E-state index is 5.24. The maximum atomic E-state index is 5.24. The van der Waals surface area contributed by atoms with Crippen LogP contribution in [0.5, 0.6) is 5.75 Å². The van der Waals surface area contributed by atoms with Crippen LogP contribution in [0.15, 0.2) is 30.5 Å². The first-order valence-electron chi connectivity index (χ1n) is 6.13. The third-order valence-electron chi connectivity index (χ3n) is 3.22. The molecule has 0 aliphatic carbocycles. The summed E-state index contributed by atoms with van der Waals surface area (Å²) >= 11 is 0. The molecule has 0 aliphatic heterocycles. The van der Waals surface area contributed by atoms with Gasteiger partial charge in [-0.3, -0.25) is 4.90 Å². The van der Waals surface area contributed by atoms with Gasteiger partial charge in [0.15, 0.2) is 0 Å². The zero-order valence-corrected chi connectivity index (χ0v) is 10.8. The van der Waals surface area contributed by atoms with Gasteiger partial charge in [-0.25, -0.2) is 0 Å². The molecule has 1 heterocycles. The van der Waals surface area contributed by atoms with E-state index in [-0.39, 0.29) is 0 Å². The van der Waals surface area contributed by atoms with Crippen molar-refractivity contribution < 1.29 is 4.74 Å². The Morgan fingerprint density at radius 3 is 2.59 bits per heavy atom. The van der Waals surface area contributed by atoms with Crippen LogP contribution < -0.4 is 4.74 Å². The topological polar surface area (TPSA) is 17.4 Å². The summed E-state index contributed by atoms with van der Waals surface area (Å²) in [5.41, 5.74) is 1.26. The lowest BCUT2D eigenvalue weighted by molar-refractivity contribution is 0.246. The van der Waals surface area contributed by atoms with Crippen molar-refractivity contribution in [2.24, 2.45) is 0 Å². The lowest BCUT2D eigenvalue weighted by Crippen LogP contribution is -2.25. The minimum absolute atomic E-state index is 0.915. The largest absolute Gasteiger partial charge is 0.497 e. The summed E-state index contributed by atoms with van der Waals surface area (Å²) in [7, 11) is 1.70. The van der Waals surface area contributed by atoms with Crippen molar-refractivity contribution in [1.29, 1.82) is 0 Å². The molecule has 1 aromatic carbocycles. The van der Waals surface area contributed by atoms with Gasteiger partial charge < -0.3 is 9.30 Å². The number of methoxy groups -OCH3 is 1. The molecular formula is C14H20N2O. The van der Waals surface area contributed by atoms with Crippen molar-refractivity contribution in [2.75, 3.05) is 20.2 Å². The number of nitrogens with zero attached hydrogens (tertiary/aromatic N) is 2. The molecule has 0 unspecified atom stereocenters. The number of fused-ring (bicyclic) bond motifs is 1. The Hall–Kier alpha value is -1.48. The molecule has 0 saturated heterocycles. The Morgan fingerprint density at radius 2 is 1.94 bits per heavy atom. The minimum Gasteiger partial charge on any atom is -0.497 e. The Kier molecular flexibility index (Phi) is 3.69. The fourth-order valence-corrected chi connectivity index (χ4v) is 2.07. The van der Waals surface area contributed by atoms with Crippen LogP contribution in [0.2, 0.25) is 0 Å². The molecule has 17 heavy (non-hydrogen) atoms. The molecule has 0 atom stereocenters. The van der Waals surface area contributed by atoms with Crippen LogP contribution in [0.25, 0.3) is 10.9 Å². The average Bonchev–Trinajstić information content (AvgIpc) is 2.78. The molecule has 0 radical (unpaired) electrons. The molecule has 0 aliphatic rings. The van der Waals surface area contributed by atoms with E-state index >= 15 is 0 Å². The fourth-order valence-electron chi connectivity index (χ4n) is 2.07. The third kappa shape index (κ3) is 2.44. The van der Waals surface area contributed by atoms with E-state index in [1.807, 2.05) is 6.07 Å². The molecule has 92 valence electrons. The number of rotatable bonds is 5. The lowest BCUT2D eigenvalue weighted by atomic mass is 10.2. The predicted octanol–water partition coefficient (Wildman–Crippen LogP) is 2.95. The Balaban J connectivity index is 2.30. The molecule has 2 rings (SSSR count). The van der Waals surface area contributed by atoms with Gasteiger partial charge in [0.25, 0.3) is 0 Å². The first kappa shape index (κ1) is 12.0. The summed E-state index contributed by atoms with van der Waals surface area (Å²) in [5.74, 6) is 0.915. The molecule has 3 nitrogen and oxygen atoms in total. The zero-order valence-electron chi connectivity index (χ0n) is 10.8. The van der Waals surface area contributed by atoms with Crippen LogP contribution in [0, 0.1) is 0 Å². The molecule has 0 amide bonds. The first-order valence-corrected chi connectivity index (χ1v) is 6.13. The summed E-state index contributed by atoms with van der Waals surface area (Å²) in [6.07, 6.45) is 2.14. The van der Waals surface area contributed by atoms with E-state index in [0.29, 0.717) is 0 Å². The Bertz CT molecular complexity index is 486. The quantitative estimate of drug-likeness (QED) is 0.788. The summed E-state index contributed by atoms with van der Waals surface area (Å²) in [4.78, 5) is 2.39. The van der Waals surface area contributed by atoms with Crippen LogP contribution >= 0.6 is 0 Å². The van der Waals surface area contributed by atoms with Crippen molar-refractivity contribution >= 4 is 10.9 Å². The standard InChI is InChI=1S/C14H20N2O/c1-4-15(5-2)11-16-9-8-12-10-13(17-3)6-7-14(12)16/h6-10H,4-5,11H2,1-3H3. The van der Waals surface area contributed by atoms with Crippen molar-refractivity contribution in [3.63, 3.8) is 0 Å². The highest BCUT2D eigenvalue weighted by Crippen LogP contribution is 2.21. The number of hydrogen-bond acceptors (Lipinski definition) is 2. The van der Waals surface area contributed by atoms with Gasteiger partial charge in [0.1, 0.15) is 5.75 Å². The number of ether oxygens (including phenoxy) is 1. The second-order valence-electron chi connectivity index (χ2n) is 4.15. The molecule has 0 fully saturated rings. The highest BCUT2D eigenvalue weighted by Gasteiger charge is 2.05. The first-order chi connectivity index (χ1) is 8.28. The Morgan fingerprint density at radius 1 is 1.18 bits per heavy atom. The second kappa shape index (κ2) is 5.23. The van der Waals surface area contributed by atoms with E-state index in [9.17, 15) is 0 Å². The van der Waals surface area contributed by atoms with Gasteiger partial charge >= 0.3 is 0 Å². The average molecular weight is 232 g/mol. The van der Waals surface area contributed by atoms with Crippen molar-refractivity contribution in [1.82, 2.24) is 9.47 Å². The van der Waals surface area contributed by atoms with Gasteiger partial charge in [0.05, 0.1) is 13.8 Å². The van der Waals surface area contributed by atoms with Crippen molar-refractivity contribution in [3.8, 4) is 5.75 Å². The van der Waals surface area contributed by atoms with Crippen LogP contribution in [0.4, 0.5) is 0 Å². The van der Waals surface area contributed by atoms with Gasteiger partial charge in [0, 0.05) is 17.1 Å². The molecular weight excluding hydrogens is 212 g/mol. The van der Waals surface area contributed by atoms with Crippen LogP contribution in [0.1, 0.15) is 13.8 Å². The highest BCUT2D eigenvalue weighted by atomic mass is 16.5. The van der Waals surface area contributed by atoms with Crippen molar-refractivity contribution in [3.05, 3.63) is 30.5 Å². The Labute approximate surface area is 103 Å². The molecule has 3 heteroatoms. The number of benzene rings is 1. The maximum Gasteiger partial charge on any atom is 0.119 e. The zero-order chi connectivity index (χ0) is 12.3. The summed E-state index contributed by atoms with van der Waals surface area (Å²) in [6.45, 7) is 7.48. The molecule has 0 spiro atoms. The normalized spacial score (nSPS) is 11.3. The van der Waals surface area contributed by atoms with E-state index in [4.69, 9.17) is 4.74 Å². The smallest absolute Gasteiger partial charge is 0.119 e. The van der Waals surface area contributed by atoms with Gasteiger partial charge in [-0.05, 0) is 37.4 Å². The van der Waals surface area contributed by atoms with Gasteiger partial charge in [-0.2, -0.15) is 0 Å². The lowest BCUT2D eigenvalue weighted by Gasteiger charge is -2.19. The van der Waals surface area contributed by atoms with Gasteiger partial charge in [-0.15, -0.1) is 0 Å². The predicted molar refractivity (Wildman–Crippen MR) is 71.4 cm³/mol. The van der Waals surface area contributed by atoms with Crippen LogP contribution in [-0.2, 0) is 6.67 Å². The van der Waals surface area contributed by atoms with E-state index in [2.05, 4.69) is 47.7 Å². The highest BCUT2D eigenvalue weighted by molar-refractivity contribution is 5.81. The van der Waals surface area contributed by atoms with E-state index in [1.165, 1.54) is 10.9 Å². The van der Waals surface area contributed by atoms with E-state index < -0.39 is 0 Å². The fraction of sp³-hybridized carbons (Fsp3) is 0.429. The number of aromatic nitrogens is 1. The summed E-state index contributed by atoms with van der Waals surface area (Å²) in [6, 6.07) is 8.36. The summed E-state index contributed by atoms with van der Waals surface area (Å²) in [5, 5.41) is 1.23. The molecule has 1 aromatic heterocycles. The van der Waals surface area contributed by atoms with E-state index in [1.54, 1.807) is 7.11 Å². The summed E-state index contributed by atoms with van der Waals surface area (Å²) < 4.78 is 7.51. The number of hydrogen-bond donors (Lipinski definition) is 0. The SMILES string of the molecule is CCN(CC)Cn1ccc2cc(OC)ccc21.